The molecule has 0 aliphatic carbocycles. The van der Waals surface area contributed by atoms with Crippen LogP contribution in [0.25, 0.3) is 0 Å². The van der Waals surface area contributed by atoms with Gasteiger partial charge in [0.05, 0.1) is 4.92 Å². The van der Waals surface area contributed by atoms with E-state index in [2.05, 4.69) is 42.0 Å². The maximum atomic E-state index is 10.7. The molecule has 2 unspecified atom stereocenters. The van der Waals surface area contributed by atoms with Gasteiger partial charge in [-0.2, -0.15) is 0 Å². The molecule has 1 N–H and O–H groups in total. The van der Waals surface area contributed by atoms with E-state index in [1.807, 2.05) is 13.1 Å². The maximum absolute atomic E-state index is 10.7. The lowest BCUT2D eigenvalue weighted by molar-refractivity contribution is -0.384. The van der Waals surface area contributed by atoms with Gasteiger partial charge in [-0.3, -0.25) is 10.1 Å². The summed E-state index contributed by atoms with van der Waals surface area (Å²) in [5, 5.41) is 14.0. The minimum atomic E-state index is -0.375. The first kappa shape index (κ1) is 15.1. The van der Waals surface area contributed by atoms with Gasteiger partial charge < -0.3 is 5.32 Å². The van der Waals surface area contributed by atoms with Crippen LogP contribution in [0.4, 0.5) is 5.69 Å². The number of non-ortho nitro benzene ring substituents is 1. The van der Waals surface area contributed by atoms with Crippen molar-refractivity contribution in [2.45, 2.75) is 32.7 Å². The highest BCUT2D eigenvalue weighted by atomic mass is 79.9. The first-order valence-corrected chi connectivity index (χ1v) is 6.78. The van der Waals surface area contributed by atoms with Gasteiger partial charge in [-0.15, -0.1) is 0 Å². The number of likely N-dealkylation sites (N-methyl/N-ethyl adjacent to an activating group) is 1. The van der Waals surface area contributed by atoms with Crippen LogP contribution in [0.5, 0.6) is 0 Å². The standard InChI is InChI=1S/C13H19BrN2O2/c1-8(2)13(9(3)15-4)11-6-5-10(16(17)18)7-12(11)14/h5-9,13,15H,1-4H3. The second-order valence-electron chi connectivity index (χ2n) is 4.81. The van der Waals surface area contributed by atoms with Crippen LogP contribution in [-0.2, 0) is 0 Å². The van der Waals surface area contributed by atoms with Gasteiger partial charge >= 0.3 is 0 Å². The number of halogens is 1. The highest BCUT2D eigenvalue weighted by Gasteiger charge is 2.24. The van der Waals surface area contributed by atoms with Crippen molar-refractivity contribution in [1.82, 2.24) is 5.32 Å². The molecule has 0 bridgehead atoms. The third-order valence-corrected chi connectivity index (χ3v) is 3.95. The summed E-state index contributed by atoms with van der Waals surface area (Å²) in [5.41, 5.74) is 1.22. The van der Waals surface area contributed by atoms with E-state index in [0.29, 0.717) is 17.9 Å². The Kier molecular flexibility index (Phi) is 5.28. The molecule has 0 heterocycles. The number of benzene rings is 1. The average Bonchev–Trinajstić information content (AvgIpc) is 2.30. The van der Waals surface area contributed by atoms with Crippen LogP contribution in [0.15, 0.2) is 22.7 Å². The number of nitrogens with one attached hydrogen (secondary N) is 1. The van der Waals surface area contributed by atoms with Gasteiger partial charge in [-0.05, 0) is 25.5 Å². The second kappa shape index (κ2) is 6.29. The highest BCUT2D eigenvalue weighted by molar-refractivity contribution is 9.10. The van der Waals surface area contributed by atoms with Crippen molar-refractivity contribution >= 4 is 21.6 Å². The zero-order chi connectivity index (χ0) is 13.9. The Bertz CT molecular complexity index is 435. The third-order valence-electron chi connectivity index (χ3n) is 3.27. The van der Waals surface area contributed by atoms with E-state index >= 15 is 0 Å². The molecule has 18 heavy (non-hydrogen) atoms. The van der Waals surface area contributed by atoms with Gasteiger partial charge in [0.25, 0.3) is 5.69 Å². The minimum absolute atomic E-state index is 0.116. The van der Waals surface area contributed by atoms with E-state index in [1.54, 1.807) is 12.1 Å². The first-order valence-electron chi connectivity index (χ1n) is 5.99. The third kappa shape index (κ3) is 3.29. The van der Waals surface area contributed by atoms with E-state index < -0.39 is 0 Å². The lowest BCUT2D eigenvalue weighted by Crippen LogP contribution is -2.32. The van der Waals surface area contributed by atoms with E-state index in [4.69, 9.17) is 0 Å². The molecule has 4 nitrogen and oxygen atoms in total. The monoisotopic (exact) mass is 314 g/mol. The largest absolute Gasteiger partial charge is 0.317 e. The van der Waals surface area contributed by atoms with E-state index in [-0.39, 0.29) is 10.6 Å². The van der Waals surface area contributed by atoms with Gasteiger partial charge in [-0.25, -0.2) is 0 Å². The van der Waals surface area contributed by atoms with Crippen LogP contribution in [0, 0.1) is 16.0 Å². The maximum Gasteiger partial charge on any atom is 0.270 e. The Morgan fingerprint density at radius 3 is 2.33 bits per heavy atom. The fourth-order valence-corrected chi connectivity index (χ4v) is 2.92. The number of hydrogen-bond donors (Lipinski definition) is 1. The summed E-state index contributed by atoms with van der Waals surface area (Å²) in [7, 11) is 1.93. The van der Waals surface area contributed by atoms with Crippen LogP contribution in [0.1, 0.15) is 32.3 Å². The van der Waals surface area contributed by atoms with E-state index in [1.165, 1.54) is 0 Å². The van der Waals surface area contributed by atoms with Crippen molar-refractivity contribution in [2.24, 2.45) is 5.92 Å². The van der Waals surface area contributed by atoms with Crippen molar-refractivity contribution in [3.8, 4) is 0 Å². The fourth-order valence-electron chi connectivity index (χ4n) is 2.29. The molecule has 0 aliphatic rings. The predicted molar refractivity (Wildman–Crippen MR) is 76.9 cm³/mol. The number of rotatable bonds is 5. The normalized spacial score (nSPS) is 14.6. The minimum Gasteiger partial charge on any atom is -0.317 e. The molecule has 0 saturated heterocycles. The molecule has 1 aromatic carbocycles. The number of nitro groups is 1. The smallest absolute Gasteiger partial charge is 0.270 e. The molecule has 0 spiro atoms. The number of hydrogen-bond acceptors (Lipinski definition) is 3. The molecule has 5 heteroatoms. The van der Waals surface area contributed by atoms with Gasteiger partial charge in [0.1, 0.15) is 0 Å². The summed E-state index contributed by atoms with van der Waals surface area (Å²) < 4.78 is 0.803. The Hall–Kier alpha value is -0.940. The summed E-state index contributed by atoms with van der Waals surface area (Å²) >= 11 is 3.45. The number of nitro benzene ring substituents is 1. The molecule has 0 radical (unpaired) electrons. The van der Waals surface area contributed by atoms with Crippen molar-refractivity contribution in [3.63, 3.8) is 0 Å². The summed E-state index contributed by atoms with van der Waals surface area (Å²) in [6.45, 7) is 6.44. The molecule has 0 amide bonds. The Morgan fingerprint density at radius 1 is 1.33 bits per heavy atom. The molecule has 100 valence electrons. The quantitative estimate of drug-likeness (QED) is 0.666. The molecule has 1 rings (SSSR count). The average molecular weight is 315 g/mol. The summed E-state index contributed by atoms with van der Waals surface area (Å²) in [4.78, 5) is 10.4. The molecular weight excluding hydrogens is 296 g/mol. The molecule has 0 aromatic heterocycles. The molecule has 2 atom stereocenters. The molecule has 0 saturated carbocycles. The van der Waals surface area contributed by atoms with Crippen LogP contribution in [-0.4, -0.2) is 18.0 Å². The SMILES string of the molecule is CNC(C)C(c1ccc([N+](=O)[O-])cc1Br)C(C)C. The van der Waals surface area contributed by atoms with E-state index in [9.17, 15) is 10.1 Å². The van der Waals surface area contributed by atoms with Gasteiger partial charge in [-0.1, -0.05) is 35.8 Å². The van der Waals surface area contributed by atoms with Crippen LogP contribution in [0.2, 0.25) is 0 Å². The van der Waals surface area contributed by atoms with Crippen LogP contribution in [0.3, 0.4) is 0 Å². The zero-order valence-electron chi connectivity index (χ0n) is 11.1. The van der Waals surface area contributed by atoms with Gasteiger partial charge in [0, 0.05) is 28.6 Å². The van der Waals surface area contributed by atoms with Gasteiger partial charge in [0.15, 0.2) is 0 Å². The fraction of sp³-hybridized carbons (Fsp3) is 0.538. The molecule has 0 aliphatic heterocycles. The lowest BCUT2D eigenvalue weighted by Gasteiger charge is -2.28. The van der Waals surface area contributed by atoms with Gasteiger partial charge in [0.2, 0.25) is 0 Å². The Morgan fingerprint density at radius 2 is 1.94 bits per heavy atom. The Balaban J connectivity index is 3.17. The number of nitrogens with zero attached hydrogens (tertiary/aromatic N) is 1. The highest BCUT2D eigenvalue weighted by Crippen LogP contribution is 2.35. The molecular formula is C13H19BrN2O2. The summed E-state index contributed by atoms with van der Waals surface area (Å²) in [5.74, 6) is 0.760. The lowest BCUT2D eigenvalue weighted by atomic mass is 9.83. The van der Waals surface area contributed by atoms with Crippen LogP contribution < -0.4 is 5.32 Å². The van der Waals surface area contributed by atoms with Crippen molar-refractivity contribution in [2.75, 3.05) is 7.05 Å². The zero-order valence-corrected chi connectivity index (χ0v) is 12.7. The molecule has 1 aromatic rings. The Labute approximate surface area is 116 Å². The predicted octanol–water partition coefficient (Wildman–Crippen LogP) is 3.70. The van der Waals surface area contributed by atoms with Crippen molar-refractivity contribution in [3.05, 3.63) is 38.3 Å². The topological polar surface area (TPSA) is 55.2 Å². The summed E-state index contributed by atoms with van der Waals surface area (Å²) in [6.07, 6.45) is 0. The second-order valence-corrected chi connectivity index (χ2v) is 5.66. The van der Waals surface area contributed by atoms with E-state index in [0.717, 1.165) is 10.0 Å². The first-order chi connectivity index (χ1) is 8.38. The summed E-state index contributed by atoms with van der Waals surface area (Å²) in [6, 6.07) is 5.30. The van der Waals surface area contributed by atoms with Crippen LogP contribution >= 0.6 is 15.9 Å². The molecule has 0 fully saturated rings. The van der Waals surface area contributed by atoms with Crippen molar-refractivity contribution in [1.29, 1.82) is 0 Å². The van der Waals surface area contributed by atoms with Crippen molar-refractivity contribution < 1.29 is 4.92 Å².